The summed E-state index contributed by atoms with van der Waals surface area (Å²) in [5.74, 6) is 0.594. The van der Waals surface area contributed by atoms with Crippen molar-refractivity contribution in [3.05, 3.63) is 59.2 Å². The Balaban J connectivity index is 1.89. The summed E-state index contributed by atoms with van der Waals surface area (Å²) in [6.45, 7) is 6.07. The van der Waals surface area contributed by atoms with Gasteiger partial charge in [0.2, 0.25) is 0 Å². The van der Waals surface area contributed by atoms with E-state index in [-0.39, 0.29) is 12.5 Å². The van der Waals surface area contributed by atoms with E-state index in [1.807, 2.05) is 57.2 Å². The Morgan fingerprint density at radius 1 is 1.12 bits per heavy atom. The quantitative estimate of drug-likeness (QED) is 0.633. The maximum absolute atomic E-state index is 11.9. The minimum absolute atomic E-state index is 0.170. The number of aryl methyl sites for hydroxylation is 2. The smallest absolute Gasteiger partial charge is 0.259 e. The maximum atomic E-state index is 11.9. The van der Waals surface area contributed by atoms with Gasteiger partial charge < -0.3 is 10.1 Å². The fourth-order valence-electron chi connectivity index (χ4n) is 2.27. The van der Waals surface area contributed by atoms with Gasteiger partial charge in [-0.1, -0.05) is 17.7 Å². The molecular weight excluding hydrogens is 302 g/mol. The first-order chi connectivity index (χ1) is 11.5. The van der Waals surface area contributed by atoms with Crippen molar-refractivity contribution in [3.63, 3.8) is 0 Å². The molecule has 0 bridgehead atoms. The maximum Gasteiger partial charge on any atom is 0.259 e. The van der Waals surface area contributed by atoms with E-state index in [2.05, 4.69) is 21.9 Å². The van der Waals surface area contributed by atoms with E-state index in [4.69, 9.17) is 4.74 Å². The molecule has 0 saturated heterocycles. The second-order valence-electron chi connectivity index (χ2n) is 5.63. The zero-order valence-corrected chi connectivity index (χ0v) is 14.5. The number of methoxy groups -OCH3 is 1. The molecule has 2 aromatic carbocycles. The first-order valence-electron chi connectivity index (χ1n) is 7.78. The highest BCUT2D eigenvalue weighted by Gasteiger charge is 2.04. The Bertz CT molecular complexity index is 737. The summed E-state index contributed by atoms with van der Waals surface area (Å²) in [4.78, 5) is 11.9. The molecule has 0 aliphatic rings. The van der Waals surface area contributed by atoms with Crippen molar-refractivity contribution in [1.82, 2.24) is 5.43 Å². The van der Waals surface area contributed by atoms with Crippen molar-refractivity contribution in [1.29, 1.82) is 0 Å². The molecule has 2 N–H and O–H groups in total. The number of carbonyl (C=O) groups is 1. The monoisotopic (exact) mass is 325 g/mol. The molecule has 24 heavy (non-hydrogen) atoms. The number of amides is 1. The number of rotatable bonds is 6. The zero-order valence-electron chi connectivity index (χ0n) is 14.5. The molecular formula is C19H23N3O2. The normalized spacial score (nSPS) is 11.1. The minimum atomic E-state index is -0.192. The van der Waals surface area contributed by atoms with Gasteiger partial charge in [-0.25, -0.2) is 5.43 Å². The number of nitrogens with zero attached hydrogens (tertiary/aromatic N) is 1. The number of hydrazone groups is 1. The van der Waals surface area contributed by atoms with Crippen molar-refractivity contribution in [2.24, 2.45) is 5.10 Å². The fourth-order valence-corrected chi connectivity index (χ4v) is 2.27. The van der Waals surface area contributed by atoms with Crippen LogP contribution in [0.15, 0.2) is 47.6 Å². The van der Waals surface area contributed by atoms with Gasteiger partial charge in [0.15, 0.2) is 0 Å². The molecule has 2 rings (SSSR count). The van der Waals surface area contributed by atoms with E-state index in [1.165, 1.54) is 5.56 Å². The largest absolute Gasteiger partial charge is 0.497 e. The summed E-state index contributed by atoms with van der Waals surface area (Å²) >= 11 is 0. The predicted octanol–water partition coefficient (Wildman–Crippen LogP) is 3.26. The standard InChI is InChI=1S/C19H23N3O2/c1-13-5-10-18(14(2)11-13)20-12-19(23)22-21-15(3)16-6-8-17(24-4)9-7-16/h5-11,20H,12H2,1-4H3,(H,22,23)/b21-15-. The number of carbonyl (C=O) groups excluding carboxylic acids is 1. The number of nitrogens with one attached hydrogen (secondary N) is 2. The number of hydrogen-bond donors (Lipinski definition) is 2. The van der Waals surface area contributed by atoms with Gasteiger partial charge in [0.25, 0.3) is 5.91 Å². The van der Waals surface area contributed by atoms with Crippen LogP contribution in [0.5, 0.6) is 5.75 Å². The molecule has 5 nitrogen and oxygen atoms in total. The zero-order chi connectivity index (χ0) is 17.5. The van der Waals surface area contributed by atoms with Gasteiger partial charge in [0, 0.05) is 5.69 Å². The lowest BCUT2D eigenvalue weighted by atomic mass is 10.1. The molecule has 1 amide bonds. The molecule has 0 radical (unpaired) electrons. The third kappa shape index (κ3) is 4.84. The second kappa shape index (κ2) is 8.15. The van der Waals surface area contributed by atoms with Gasteiger partial charge in [0.05, 0.1) is 19.4 Å². The highest BCUT2D eigenvalue weighted by molar-refractivity contribution is 5.99. The second-order valence-corrected chi connectivity index (χ2v) is 5.63. The van der Waals surface area contributed by atoms with Crippen LogP contribution in [0.25, 0.3) is 0 Å². The van der Waals surface area contributed by atoms with Gasteiger partial charge >= 0.3 is 0 Å². The van der Waals surface area contributed by atoms with Crippen LogP contribution in [0.1, 0.15) is 23.6 Å². The van der Waals surface area contributed by atoms with E-state index in [0.717, 1.165) is 28.3 Å². The van der Waals surface area contributed by atoms with E-state index >= 15 is 0 Å². The Labute approximate surface area is 142 Å². The molecule has 126 valence electrons. The van der Waals surface area contributed by atoms with Gasteiger partial charge in [-0.15, -0.1) is 0 Å². The van der Waals surface area contributed by atoms with Gasteiger partial charge in [0.1, 0.15) is 5.75 Å². The SMILES string of the molecule is COc1ccc(/C(C)=N\NC(=O)CNc2ccc(C)cc2C)cc1. The molecule has 0 heterocycles. The van der Waals surface area contributed by atoms with Crippen LogP contribution in [0, 0.1) is 13.8 Å². The van der Waals surface area contributed by atoms with E-state index in [0.29, 0.717) is 0 Å². The molecule has 0 saturated carbocycles. The van der Waals surface area contributed by atoms with E-state index in [9.17, 15) is 4.79 Å². The first-order valence-corrected chi connectivity index (χ1v) is 7.78. The Morgan fingerprint density at radius 3 is 2.46 bits per heavy atom. The van der Waals surface area contributed by atoms with Crippen molar-refractivity contribution in [2.45, 2.75) is 20.8 Å². The van der Waals surface area contributed by atoms with Crippen LogP contribution in [-0.4, -0.2) is 25.3 Å². The molecule has 5 heteroatoms. The average Bonchev–Trinajstić information content (AvgIpc) is 2.59. The number of hydrogen-bond acceptors (Lipinski definition) is 4. The molecule has 0 atom stereocenters. The van der Waals surface area contributed by atoms with Gasteiger partial charge in [-0.05, 0) is 62.2 Å². The van der Waals surface area contributed by atoms with Crippen molar-refractivity contribution >= 4 is 17.3 Å². The molecule has 0 aromatic heterocycles. The van der Waals surface area contributed by atoms with Crippen LogP contribution in [-0.2, 0) is 4.79 Å². The van der Waals surface area contributed by atoms with E-state index in [1.54, 1.807) is 7.11 Å². The summed E-state index contributed by atoms with van der Waals surface area (Å²) < 4.78 is 5.12. The van der Waals surface area contributed by atoms with Crippen LogP contribution >= 0.6 is 0 Å². The van der Waals surface area contributed by atoms with Crippen LogP contribution < -0.4 is 15.5 Å². The number of anilines is 1. The third-order valence-corrected chi connectivity index (χ3v) is 3.68. The summed E-state index contributed by atoms with van der Waals surface area (Å²) in [5, 5.41) is 7.26. The number of ether oxygens (including phenoxy) is 1. The molecule has 2 aromatic rings. The Kier molecular flexibility index (Phi) is 5.95. The number of benzene rings is 2. The average molecular weight is 325 g/mol. The molecule has 0 aliphatic carbocycles. The topological polar surface area (TPSA) is 62.7 Å². The summed E-state index contributed by atoms with van der Waals surface area (Å²) in [6, 6.07) is 13.6. The third-order valence-electron chi connectivity index (χ3n) is 3.68. The minimum Gasteiger partial charge on any atom is -0.497 e. The highest BCUT2D eigenvalue weighted by Crippen LogP contribution is 2.15. The van der Waals surface area contributed by atoms with Crippen LogP contribution in [0.2, 0.25) is 0 Å². The molecule has 0 unspecified atom stereocenters. The van der Waals surface area contributed by atoms with Crippen LogP contribution in [0.3, 0.4) is 0 Å². The van der Waals surface area contributed by atoms with Crippen molar-refractivity contribution < 1.29 is 9.53 Å². The van der Waals surface area contributed by atoms with Crippen molar-refractivity contribution in [2.75, 3.05) is 19.0 Å². The molecule has 0 aliphatic heterocycles. The predicted molar refractivity (Wildman–Crippen MR) is 97.8 cm³/mol. The summed E-state index contributed by atoms with van der Waals surface area (Å²) in [7, 11) is 1.62. The highest BCUT2D eigenvalue weighted by atomic mass is 16.5. The fraction of sp³-hybridized carbons (Fsp3) is 0.263. The van der Waals surface area contributed by atoms with E-state index < -0.39 is 0 Å². The van der Waals surface area contributed by atoms with Gasteiger partial charge in [-0.2, -0.15) is 5.10 Å². The molecule has 0 fully saturated rings. The Morgan fingerprint density at radius 2 is 1.83 bits per heavy atom. The lowest BCUT2D eigenvalue weighted by Crippen LogP contribution is -2.27. The Hall–Kier alpha value is -2.82. The van der Waals surface area contributed by atoms with Gasteiger partial charge in [-0.3, -0.25) is 4.79 Å². The lowest BCUT2D eigenvalue weighted by Gasteiger charge is -2.09. The summed E-state index contributed by atoms with van der Waals surface area (Å²) in [6.07, 6.45) is 0. The molecule has 0 spiro atoms. The summed E-state index contributed by atoms with van der Waals surface area (Å²) in [5.41, 5.74) is 7.49. The van der Waals surface area contributed by atoms with Crippen molar-refractivity contribution in [3.8, 4) is 5.75 Å². The van der Waals surface area contributed by atoms with Crippen LogP contribution in [0.4, 0.5) is 5.69 Å². The first kappa shape index (κ1) is 17.5. The lowest BCUT2D eigenvalue weighted by molar-refractivity contribution is -0.119.